The van der Waals surface area contributed by atoms with Gasteiger partial charge in [0.2, 0.25) is 0 Å². The number of aromatic hydroxyl groups is 1. The molecule has 1 heterocycles. The van der Waals surface area contributed by atoms with Crippen LogP contribution in [0.15, 0.2) is 23.0 Å². The van der Waals surface area contributed by atoms with E-state index in [2.05, 4.69) is 0 Å². The summed E-state index contributed by atoms with van der Waals surface area (Å²) in [4.78, 5) is 47.4. The zero-order valence-corrected chi connectivity index (χ0v) is 11.7. The number of nitrogen functional groups attached to an aromatic ring is 1. The van der Waals surface area contributed by atoms with Gasteiger partial charge in [-0.2, -0.15) is 0 Å². The van der Waals surface area contributed by atoms with Crippen LogP contribution in [0.1, 0.15) is 31.1 Å². The average molecular weight is 334 g/mol. The molecule has 0 aliphatic rings. The smallest absolute Gasteiger partial charge is 0.342 e. The van der Waals surface area contributed by atoms with Gasteiger partial charge in [-0.3, -0.25) is 4.79 Å². The number of anilines is 1. The Morgan fingerprint density at radius 3 is 2.00 bits per heavy atom. The van der Waals surface area contributed by atoms with Gasteiger partial charge in [-0.25, -0.2) is 14.4 Å². The van der Waals surface area contributed by atoms with Crippen molar-refractivity contribution in [1.29, 1.82) is 0 Å². The van der Waals surface area contributed by atoms with Crippen LogP contribution in [0.4, 0.5) is 5.82 Å². The maximum atomic E-state index is 11.8. The van der Waals surface area contributed by atoms with E-state index in [-0.39, 0.29) is 5.56 Å². The van der Waals surface area contributed by atoms with E-state index in [1.165, 1.54) is 0 Å². The van der Waals surface area contributed by atoms with Crippen LogP contribution >= 0.6 is 0 Å². The topological polar surface area (TPSA) is 191 Å². The lowest BCUT2D eigenvalue weighted by Gasteiger charge is -2.12. The number of nitrogens with one attached hydrogen (secondary N) is 1. The van der Waals surface area contributed by atoms with Crippen LogP contribution in [0.5, 0.6) is 5.75 Å². The highest BCUT2D eigenvalue weighted by Gasteiger charge is 2.27. The summed E-state index contributed by atoms with van der Waals surface area (Å²) in [7, 11) is 0. The maximum Gasteiger partial charge on any atom is 0.342 e. The lowest BCUT2D eigenvalue weighted by Crippen LogP contribution is -2.24. The molecule has 2 aromatic rings. The molecule has 124 valence electrons. The molecule has 0 fully saturated rings. The summed E-state index contributed by atoms with van der Waals surface area (Å²) in [6.45, 7) is 0. The van der Waals surface area contributed by atoms with Gasteiger partial charge in [0.25, 0.3) is 5.56 Å². The van der Waals surface area contributed by atoms with Gasteiger partial charge in [0.05, 0.1) is 0 Å². The molecule has 0 amide bonds. The first-order valence-electron chi connectivity index (χ1n) is 6.24. The van der Waals surface area contributed by atoms with E-state index in [9.17, 15) is 34.5 Å². The monoisotopic (exact) mass is 334 g/mol. The number of aromatic nitrogens is 1. The van der Waals surface area contributed by atoms with Gasteiger partial charge in [0.15, 0.2) is 0 Å². The molecule has 0 saturated heterocycles. The van der Waals surface area contributed by atoms with Gasteiger partial charge < -0.3 is 31.1 Å². The molecule has 10 heteroatoms. The third kappa shape index (κ3) is 2.63. The van der Waals surface area contributed by atoms with Gasteiger partial charge in [0, 0.05) is 5.56 Å². The van der Waals surface area contributed by atoms with Crippen molar-refractivity contribution in [2.24, 2.45) is 0 Å². The highest BCUT2D eigenvalue weighted by atomic mass is 16.4. The number of aromatic amines is 1. The molecule has 2 rings (SSSR count). The Morgan fingerprint density at radius 2 is 1.54 bits per heavy atom. The number of hydrogen-bond acceptors (Lipinski definition) is 6. The Balaban J connectivity index is 2.94. The number of hydrogen-bond donors (Lipinski definition) is 6. The van der Waals surface area contributed by atoms with Crippen LogP contribution < -0.4 is 11.3 Å². The predicted molar refractivity (Wildman–Crippen MR) is 79.5 cm³/mol. The molecule has 0 unspecified atom stereocenters. The molecule has 0 bridgehead atoms. The molecule has 1 aromatic heterocycles. The minimum atomic E-state index is -1.71. The highest BCUT2D eigenvalue weighted by molar-refractivity contribution is 6.07. The molecule has 10 nitrogen and oxygen atoms in total. The van der Waals surface area contributed by atoms with Crippen LogP contribution in [-0.4, -0.2) is 43.3 Å². The molecule has 0 aliphatic carbocycles. The first-order chi connectivity index (χ1) is 11.1. The molecule has 1 aromatic carbocycles. The maximum absolute atomic E-state index is 11.8. The number of H-pyrrole nitrogens is 1. The quantitative estimate of drug-likeness (QED) is 0.460. The van der Waals surface area contributed by atoms with Crippen LogP contribution in [0.2, 0.25) is 0 Å². The summed E-state index contributed by atoms with van der Waals surface area (Å²) in [5.74, 6) is -6.07. The molecule has 0 atom stereocenters. The molecule has 0 saturated carbocycles. The third-order valence-electron chi connectivity index (χ3n) is 3.19. The van der Waals surface area contributed by atoms with E-state index in [0.717, 1.165) is 18.2 Å². The van der Waals surface area contributed by atoms with Crippen molar-refractivity contribution < 1.29 is 34.8 Å². The normalized spacial score (nSPS) is 10.3. The molecule has 24 heavy (non-hydrogen) atoms. The van der Waals surface area contributed by atoms with E-state index >= 15 is 0 Å². The largest absolute Gasteiger partial charge is 0.507 e. The molecule has 0 aliphatic heterocycles. The Bertz CT molecular complexity index is 945. The van der Waals surface area contributed by atoms with Gasteiger partial charge in [-0.1, -0.05) is 6.07 Å². The lowest BCUT2D eigenvalue weighted by molar-refractivity contribution is 0.0679. The number of benzene rings is 1. The van der Waals surface area contributed by atoms with E-state index in [1.54, 1.807) is 0 Å². The number of phenols is 1. The van der Waals surface area contributed by atoms with Crippen molar-refractivity contribution in [2.75, 3.05) is 5.73 Å². The van der Waals surface area contributed by atoms with E-state index in [4.69, 9.17) is 10.8 Å². The number of aromatic carboxylic acids is 3. The van der Waals surface area contributed by atoms with Crippen molar-refractivity contribution >= 4 is 23.7 Å². The standard InChI is InChI=1S/C14H10N2O8/c15-10-8(13(21)22)7(9(14(23)24)11(18)16-10)4-1-2-5(12(19)20)6(17)3-4/h1-3,17H,(H,19,20)(H,21,22)(H,23,24)(H3,15,16,18). The van der Waals surface area contributed by atoms with Gasteiger partial charge >= 0.3 is 17.9 Å². The number of pyridine rings is 1. The van der Waals surface area contributed by atoms with Gasteiger partial charge in [-0.05, 0) is 17.7 Å². The summed E-state index contributed by atoms with van der Waals surface area (Å²) in [5, 5.41) is 37.1. The second kappa shape index (κ2) is 5.76. The van der Waals surface area contributed by atoms with E-state index < -0.39 is 57.3 Å². The Hall–Kier alpha value is -3.82. The zero-order valence-electron chi connectivity index (χ0n) is 11.7. The minimum Gasteiger partial charge on any atom is -0.507 e. The van der Waals surface area contributed by atoms with E-state index in [0.29, 0.717) is 0 Å². The Morgan fingerprint density at radius 1 is 0.958 bits per heavy atom. The van der Waals surface area contributed by atoms with Crippen molar-refractivity contribution in [3.63, 3.8) is 0 Å². The summed E-state index contributed by atoms with van der Waals surface area (Å²) >= 11 is 0. The molecule has 0 spiro atoms. The fourth-order valence-electron chi connectivity index (χ4n) is 2.20. The minimum absolute atomic E-state index is 0.190. The number of nitrogens with two attached hydrogens (primary N) is 1. The SMILES string of the molecule is Nc1[nH]c(=O)c(C(=O)O)c(-c2ccc(C(=O)O)c(O)c2)c1C(=O)O. The molecule has 7 N–H and O–H groups in total. The summed E-state index contributed by atoms with van der Waals surface area (Å²) in [5.41, 5.74) is 1.53. The summed E-state index contributed by atoms with van der Waals surface area (Å²) in [6.07, 6.45) is 0. The van der Waals surface area contributed by atoms with Crippen LogP contribution in [0.25, 0.3) is 11.1 Å². The fourth-order valence-corrected chi connectivity index (χ4v) is 2.20. The average Bonchev–Trinajstić information content (AvgIpc) is 2.44. The second-order valence-corrected chi connectivity index (χ2v) is 4.64. The molecule has 0 radical (unpaired) electrons. The van der Waals surface area contributed by atoms with Crippen molar-refractivity contribution in [2.45, 2.75) is 0 Å². The first kappa shape index (κ1) is 16.5. The number of carboxylic acids is 3. The number of carboxylic acid groups (broad SMARTS) is 3. The van der Waals surface area contributed by atoms with Crippen LogP contribution in [0, 0.1) is 0 Å². The van der Waals surface area contributed by atoms with Crippen LogP contribution in [-0.2, 0) is 0 Å². The van der Waals surface area contributed by atoms with Crippen molar-refractivity contribution in [3.05, 3.63) is 45.2 Å². The molecular weight excluding hydrogens is 324 g/mol. The number of rotatable bonds is 4. The van der Waals surface area contributed by atoms with E-state index in [1.807, 2.05) is 4.98 Å². The Labute approximate surface area is 132 Å². The van der Waals surface area contributed by atoms with Crippen molar-refractivity contribution in [3.8, 4) is 16.9 Å². The second-order valence-electron chi connectivity index (χ2n) is 4.64. The lowest BCUT2D eigenvalue weighted by atomic mass is 9.94. The number of carbonyl (C=O) groups is 3. The molecular formula is C14H10N2O8. The van der Waals surface area contributed by atoms with Gasteiger partial charge in [0.1, 0.15) is 28.3 Å². The summed E-state index contributed by atoms with van der Waals surface area (Å²) in [6, 6.07) is 2.86. The summed E-state index contributed by atoms with van der Waals surface area (Å²) < 4.78 is 0. The third-order valence-corrected chi connectivity index (χ3v) is 3.19. The predicted octanol–water partition coefficient (Wildman–Crippen LogP) is 0.424. The zero-order chi connectivity index (χ0) is 18.2. The highest BCUT2D eigenvalue weighted by Crippen LogP contribution is 2.32. The fraction of sp³-hybridized carbons (Fsp3) is 0. The Kier molecular flexibility index (Phi) is 3.97. The van der Waals surface area contributed by atoms with Gasteiger partial charge in [-0.15, -0.1) is 0 Å². The first-order valence-corrected chi connectivity index (χ1v) is 6.24. The van der Waals surface area contributed by atoms with Crippen molar-refractivity contribution in [1.82, 2.24) is 4.98 Å². The van der Waals surface area contributed by atoms with Crippen LogP contribution in [0.3, 0.4) is 0 Å².